The van der Waals surface area contributed by atoms with Gasteiger partial charge in [-0.05, 0) is 44.2 Å². The van der Waals surface area contributed by atoms with Crippen LogP contribution in [0.3, 0.4) is 0 Å². The second-order valence-corrected chi connectivity index (χ2v) is 5.43. The van der Waals surface area contributed by atoms with E-state index in [2.05, 4.69) is 18.9 Å². The van der Waals surface area contributed by atoms with Crippen molar-refractivity contribution in [3.8, 4) is 0 Å². The van der Waals surface area contributed by atoms with Crippen LogP contribution < -0.4 is 5.73 Å². The first kappa shape index (κ1) is 13.9. The molecule has 1 unspecified atom stereocenters. The molecule has 1 saturated heterocycles. The standard InChI is InChI=1S/C15H23N3O/c1-4-14-10-18(6-5-17(14)3)15(19)12-7-11(2)8-13(16)9-12/h7-9,14H,4-6,10,16H2,1-3H3. The normalized spacial score (nSPS) is 20.6. The monoisotopic (exact) mass is 261 g/mol. The number of aryl methyl sites for hydroxylation is 1. The number of hydrogen-bond donors (Lipinski definition) is 1. The largest absolute Gasteiger partial charge is 0.399 e. The van der Waals surface area contributed by atoms with Gasteiger partial charge in [-0.2, -0.15) is 0 Å². The Bertz CT molecular complexity index is 452. The van der Waals surface area contributed by atoms with E-state index in [1.54, 1.807) is 6.07 Å². The molecule has 1 heterocycles. The SMILES string of the molecule is CCC1CN(C(=O)c2cc(C)cc(N)c2)CCN1C. The molecule has 19 heavy (non-hydrogen) atoms. The van der Waals surface area contributed by atoms with E-state index in [-0.39, 0.29) is 5.91 Å². The van der Waals surface area contributed by atoms with Crippen LogP contribution in [0.25, 0.3) is 0 Å². The van der Waals surface area contributed by atoms with Crippen molar-refractivity contribution in [2.75, 3.05) is 32.4 Å². The molecule has 1 aliphatic rings. The lowest BCUT2D eigenvalue weighted by Gasteiger charge is -2.39. The van der Waals surface area contributed by atoms with E-state index < -0.39 is 0 Å². The van der Waals surface area contributed by atoms with E-state index in [9.17, 15) is 4.79 Å². The Morgan fingerprint density at radius 2 is 2.11 bits per heavy atom. The summed E-state index contributed by atoms with van der Waals surface area (Å²) >= 11 is 0. The van der Waals surface area contributed by atoms with Crippen molar-refractivity contribution >= 4 is 11.6 Å². The summed E-state index contributed by atoms with van der Waals surface area (Å²) in [5.41, 5.74) is 8.22. The number of carbonyl (C=O) groups is 1. The summed E-state index contributed by atoms with van der Waals surface area (Å²) in [4.78, 5) is 16.8. The zero-order chi connectivity index (χ0) is 14.0. The van der Waals surface area contributed by atoms with Crippen molar-refractivity contribution in [2.24, 2.45) is 0 Å². The van der Waals surface area contributed by atoms with Crippen LogP contribution >= 0.6 is 0 Å². The minimum Gasteiger partial charge on any atom is -0.399 e. The van der Waals surface area contributed by atoms with Gasteiger partial charge in [0.2, 0.25) is 0 Å². The number of anilines is 1. The minimum atomic E-state index is 0.0990. The maximum atomic E-state index is 12.5. The van der Waals surface area contributed by atoms with Crippen molar-refractivity contribution < 1.29 is 4.79 Å². The molecule has 0 radical (unpaired) electrons. The molecule has 104 valence electrons. The van der Waals surface area contributed by atoms with Gasteiger partial charge in [-0.15, -0.1) is 0 Å². The highest BCUT2D eigenvalue weighted by molar-refractivity contribution is 5.95. The molecule has 1 aromatic carbocycles. The van der Waals surface area contributed by atoms with Crippen molar-refractivity contribution in [3.63, 3.8) is 0 Å². The molecule has 0 saturated carbocycles. The second kappa shape index (κ2) is 5.61. The van der Waals surface area contributed by atoms with Crippen molar-refractivity contribution in [3.05, 3.63) is 29.3 Å². The quantitative estimate of drug-likeness (QED) is 0.825. The third-order valence-electron chi connectivity index (χ3n) is 3.88. The molecule has 0 aromatic heterocycles. The zero-order valence-electron chi connectivity index (χ0n) is 12.0. The summed E-state index contributed by atoms with van der Waals surface area (Å²) in [7, 11) is 2.13. The highest BCUT2D eigenvalue weighted by Gasteiger charge is 2.26. The fraction of sp³-hybridized carbons (Fsp3) is 0.533. The molecule has 0 aliphatic carbocycles. The van der Waals surface area contributed by atoms with Crippen LogP contribution in [0.4, 0.5) is 5.69 Å². The van der Waals surface area contributed by atoms with Crippen LogP contribution in [-0.4, -0.2) is 48.4 Å². The Kier molecular flexibility index (Phi) is 4.10. The Hall–Kier alpha value is -1.55. The molecule has 2 rings (SSSR count). The lowest BCUT2D eigenvalue weighted by atomic mass is 10.1. The number of benzene rings is 1. The Morgan fingerprint density at radius 3 is 2.74 bits per heavy atom. The average molecular weight is 261 g/mol. The van der Waals surface area contributed by atoms with Gasteiger partial charge >= 0.3 is 0 Å². The molecule has 0 spiro atoms. The average Bonchev–Trinajstić information content (AvgIpc) is 2.37. The second-order valence-electron chi connectivity index (χ2n) is 5.43. The highest BCUT2D eigenvalue weighted by atomic mass is 16.2. The first-order chi connectivity index (χ1) is 9.01. The molecular weight excluding hydrogens is 238 g/mol. The van der Waals surface area contributed by atoms with Crippen LogP contribution in [0.1, 0.15) is 29.3 Å². The first-order valence-corrected chi connectivity index (χ1v) is 6.88. The van der Waals surface area contributed by atoms with Gasteiger partial charge in [-0.1, -0.05) is 6.92 Å². The number of amides is 1. The van der Waals surface area contributed by atoms with E-state index in [1.807, 2.05) is 24.0 Å². The number of likely N-dealkylation sites (N-methyl/N-ethyl adjacent to an activating group) is 1. The predicted molar refractivity (Wildman–Crippen MR) is 78.2 cm³/mol. The highest BCUT2D eigenvalue weighted by Crippen LogP contribution is 2.17. The molecule has 0 bridgehead atoms. The summed E-state index contributed by atoms with van der Waals surface area (Å²) in [5, 5.41) is 0. The summed E-state index contributed by atoms with van der Waals surface area (Å²) < 4.78 is 0. The minimum absolute atomic E-state index is 0.0990. The molecule has 1 atom stereocenters. The topological polar surface area (TPSA) is 49.6 Å². The Labute approximate surface area is 115 Å². The predicted octanol–water partition coefficient (Wildman–Crippen LogP) is 1.74. The molecule has 1 amide bonds. The third-order valence-corrected chi connectivity index (χ3v) is 3.88. The van der Waals surface area contributed by atoms with E-state index in [4.69, 9.17) is 5.73 Å². The molecular formula is C15H23N3O. The molecule has 1 aliphatic heterocycles. The van der Waals surface area contributed by atoms with Crippen LogP contribution in [0.2, 0.25) is 0 Å². The van der Waals surface area contributed by atoms with Crippen LogP contribution in [0, 0.1) is 6.92 Å². The number of carbonyl (C=O) groups excluding carboxylic acids is 1. The maximum absolute atomic E-state index is 12.5. The molecule has 1 aromatic rings. The van der Waals surface area contributed by atoms with Gasteiger partial charge in [-0.25, -0.2) is 0 Å². The number of piperazine rings is 1. The fourth-order valence-corrected chi connectivity index (χ4v) is 2.69. The smallest absolute Gasteiger partial charge is 0.254 e. The molecule has 1 fully saturated rings. The molecule has 4 heteroatoms. The van der Waals surface area contributed by atoms with E-state index in [0.29, 0.717) is 17.3 Å². The van der Waals surface area contributed by atoms with Gasteiger partial charge in [0.05, 0.1) is 0 Å². The summed E-state index contributed by atoms with van der Waals surface area (Å²) in [6.07, 6.45) is 1.07. The van der Waals surface area contributed by atoms with Gasteiger partial charge in [0.15, 0.2) is 0 Å². The van der Waals surface area contributed by atoms with Crippen molar-refractivity contribution in [2.45, 2.75) is 26.3 Å². The number of hydrogen-bond acceptors (Lipinski definition) is 3. The fourth-order valence-electron chi connectivity index (χ4n) is 2.69. The third kappa shape index (κ3) is 3.07. The van der Waals surface area contributed by atoms with E-state index in [0.717, 1.165) is 31.6 Å². The van der Waals surface area contributed by atoms with Crippen molar-refractivity contribution in [1.29, 1.82) is 0 Å². The Balaban J connectivity index is 2.15. The van der Waals surface area contributed by atoms with Crippen LogP contribution in [0.15, 0.2) is 18.2 Å². The zero-order valence-corrected chi connectivity index (χ0v) is 12.0. The van der Waals surface area contributed by atoms with Gasteiger partial charge in [0, 0.05) is 36.9 Å². The summed E-state index contributed by atoms with van der Waals surface area (Å²) in [6.45, 7) is 6.66. The van der Waals surface area contributed by atoms with Crippen molar-refractivity contribution in [1.82, 2.24) is 9.80 Å². The van der Waals surface area contributed by atoms with Gasteiger partial charge in [0.1, 0.15) is 0 Å². The number of nitrogen functional groups attached to an aromatic ring is 1. The van der Waals surface area contributed by atoms with Crippen LogP contribution in [0.5, 0.6) is 0 Å². The number of nitrogens with two attached hydrogens (primary N) is 1. The first-order valence-electron chi connectivity index (χ1n) is 6.88. The Morgan fingerprint density at radius 1 is 1.37 bits per heavy atom. The van der Waals surface area contributed by atoms with Gasteiger partial charge in [0.25, 0.3) is 5.91 Å². The van der Waals surface area contributed by atoms with Crippen LogP contribution in [-0.2, 0) is 0 Å². The molecule has 4 nitrogen and oxygen atoms in total. The summed E-state index contributed by atoms with van der Waals surface area (Å²) in [6, 6.07) is 6.03. The van der Waals surface area contributed by atoms with E-state index >= 15 is 0 Å². The number of rotatable bonds is 2. The van der Waals surface area contributed by atoms with Gasteiger partial charge < -0.3 is 10.6 Å². The molecule has 2 N–H and O–H groups in total. The summed E-state index contributed by atoms with van der Waals surface area (Å²) in [5.74, 6) is 0.0990. The van der Waals surface area contributed by atoms with E-state index in [1.165, 1.54) is 0 Å². The lowest BCUT2D eigenvalue weighted by molar-refractivity contribution is 0.0542. The number of nitrogens with zero attached hydrogens (tertiary/aromatic N) is 2. The van der Waals surface area contributed by atoms with Gasteiger partial charge in [-0.3, -0.25) is 9.69 Å². The maximum Gasteiger partial charge on any atom is 0.254 e. The lowest BCUT2D eigenvalue weighted by Crippen LogP contribution is -2.52.